The number of hydrogen-bond donors (Lipinski definition) is 0. The zero-order valence-corrected chi connectivity index (χ0v) is 17.4. The minimum absolute atomic E-state index is 0.0300. The Labute approximate surface area is 161 Å². The lowest BCUT2D eigenvalue weighted by atomic mass is 9.91. The van der Waals surface area contributed by atoms with Crippen molar-refractivity contribution >= 4 is 22.6 Å². The summed E-state index contributed by atoms with van der Waals surface area (Å²) in [7, 11) is 0. The molecule has 4 atom stereocenters. The lowest BCUT2D eigenvalue weighted by Gasteiger charge is -2.24. The number of ether oxygens (including phenoxy) is 3. The van der Waals surface area contributed by atoms with E-state index in [0.717, 1.165) is 45.3 Å². The topological polar surface area (TPSA) is 27.7 Å². The van der Waals surface area contributed by atoms with Crippen LogP contribution < -0.4 is 0 Å². The number of allylic oxidation sites excluding steroid dienone is 1. The summed E-state index contributed by atoms with van der Waals surface area (Å²) in [5.74, 6) is 1.29. The summed E-state index contributed by atoms with van der Waals surface area (Å²) < 4.78 is 18.7. The van der Waals surface area contributed by atoms with E-state index in [1.165, 1.54) is 22.0 Å². The zero-order chi connectivity index (χ0) is 17.5. The summed E-state index contributed by atoms with van der Waals surface area (Å²) in [4.78, 5) is 0. The zero-order valence-electron chi connectivity index (χ0n) is 15.3. The highest BCUT2D eigenvalue weighted by Gasteiger charge is 2.29. The molecule has 24 heavy (non-hydrogen) atoms. The summed E-state index contributed by atoms with van der Waals surface area (Å²) in [5.41, 5.74) is 1.27. The molecule has 138 valence electrons. The monoisotopic (exact) mass is 448 g/mol. The molecular formula is C20H33IO3. The van der Waals surface area contributed by atoms with Crippen LogP contribution in [0.2, 0.25) is 0 Å². The van der Waals surface area contributed by atoms with Crippen LogP contribution in [-0.2, 0) is 14.2 Å². The highest BCUT2D eigenvalue weighted by molar-refractivity contribution is 14.1. The molecule has 0 aliphatic carbocycles. The molecule has 0 aromatic heterocycles. The molecule has 0 radical (unpaired) electrons. The Morgan fingerprint density at radius 2 is 1.92 bits per heavy atom. The van der Waals surface area contributed by atoms with Gasteiger partial charge < -0.3 is 14.2 Å². The molecule has 0 saturated carbocycles. The van der Waals surface area contributed by atoms with Crippen molar-refractivity contribution in [2.24, 2.45) is 11.8 Å². The molecule has 2 aliphatic heterocycles. The minimum Gasteiger partial charge on any atom is -0.370 e. The molecule has 2 saturated heterocycles. The van der Waals surface area contributed by atoms with E-state index in [9.17, 15) is 0 Å². The van der Waals surface area contributed by atoms with E-state index in [0.29, 0.717) is 17.9 Å². The SMILES string of the molecule is C=C(I)[C@H](C)C[C@@H](C)CC[C@@H]1O[C@@H](CCC2OCCCO2)CC1=C. The third-order valence-electron chi connectivity index (χ3n) is 5.13. The first-order chi connectivity index (χ1) is 11.5. The van der Waals surface area contributed by atoms with Crippen LogP contribution in [0, 0.1) is 11.8 Å². The van der Waals surface area contributed by atoms with Gasteiger partial charge in [0.25, 0.3) is 0 Å². The van der Waals surface area contributed by atoms with Gasteiger partial charge in [-0.3, -0.25) is 0 Å². The van der Waals surface area contributed by atoms with Gasteiger partial charge in [-0.25, -0.2) is 0 Å². The maximum absolute atomic E-state index is 6.24. The molecule has 2 rings (SSSR count). The van der Waals surface area contributed by atoms with Crippen molar-refractivity contribution in [2.45, 2.75) is 77.3 Å². The van der Waals surface area contributed by atoms with E-state index in [4.69, 9.17) is 14.2 Å². The predicted octanol–water partition coefficient (Wildman–Crippen LogP) is 5.63. The van der Waals surface area contributed by atoms with Crippen LogP contribution in [0.3, 0.4) is 0 Å². The van der Waals surface area contributed by atoms with Crippen molar-refractivity contribution in [2.75, 3.05) is 13.2 Å². The van der Waals surface area contributed by atoms with Crippen LogP contribution in [0.1, 0.15) is 58.8 Å². The van der Waals surface area contributed by atoms with Gasteiger partial charge >= 0.3 is 0 Å². The van der Waals surface area contributed by atoms with Crippen molar-refractivity contribution < 1.29 is 14.2 Å². The second kappa shape index (κ2) is 10.3. The van der Waals surface area contributed by atoms with Gasteiger partial charge in [0.05, 0.1) is 25.4 Å². The Kier molecular flexibility index (Phi) is 8.75. The first-order valence-electron chi connectivity index (χ1n) is 9.36. The van der Waals surface area contributed by atoms with Crippen LogP contribution in [0.4, 0.5) is 0 Å². The maximum atomic E-state index is 6.24. The van der Waals surface area contributed by atoms with E-state index in [1.807, 2.05) is 0 Å². The standard InChI is InChI=1S/C20H33IO3/c1-14(12-15(2)17(4)21)6-8-19-16(3)13-18(24-19)7-9-20-22-10-5-11-23-20/h14-15,18-20H,3-13H2,1-2H3/t14-,15+,18-,19-/m0/s1. The lowest BCUT2D eigenvalue weighted by molar-refractivity contribution is -0.184. The number of hydrogen-bond acceptors (Lipinski definition) is 3. The number of halogens is 1. The Morgan fingerprint density at radius 1 is 1.21 bits per heavy atom. The summed E-state index contributed by atoms with van der Waals surface area (Å²) in [6, 6.07) is 0. The van der Waals surface area contributed by atoms with Crippen molar-refractivity contribution in [3.8, 4) is 0 Å². The Hall–Kier alpha value is 0.0900. The lowest BCUT2D eigenvalue weighted by Crippen LogP contribution is -2.26. The molecule has 2 heterocycles. The van der Waals surface area contributed by atoms with Crippen LogP contribution >= 0.6 is 22.6 Å². The molecule has 2 fully saturated rings. The molecule has 0 bridgehead atoms. The summed E-state index contributed by atoms with van der Waals surface area (Å²) in [5, 5.41) is 0. The van der Waals surface area contributed by atoms with E-state index in [-0.39, 0.29) is 12.4 Å². The fraction of sp³-hybridized carbons (Fsp3) is 0.800. The first kappa shape index (κ1) is 20.4. The fourth-order valence-electron chi connectivity index (χ4n) is 3.55. The molecule has 0 amide bonds. The molecule has 3 nitrogen and oxygen atoms in total. The van der Waals surface area contributed by atoms with Gasteiger partial charge in [-0.1, -0.05) is 27.0 Å². The third-order valence-corrected chi connectivity index (χ3v) is 6.20. The molecule has 0 aromatic carbocycles. The van der Waals surface area contributed by atoms with Crippen LogP contribution in [0.25, 0.3) is 0 Å². The predicted molar refractivity (Wildman–Crippen MR) is 107 cm³/mol. The normalized spacial score (nSPS) is 28.0. The summed E-state index contributed by atoms with van der Waals surface area (Å²) in [6.07, 6.45) is 7.93. The average molecular weight is 448 g/mol. The van der Waals surface area contributed by atoms with Crippen molar-refractivity contribution in [3.05, 3.63) is 22.3 Å². The van der Waals surface area contributed by atoms with Crippen LogP contribution in [0.15, 0.2) is 22.3 Å². The number of rotatable bonds is 9. The van der Waals surface area contributed by atoms with Gasteiger partial charge in [-0.15, -0.1) is 0 Å². The summed E-state index contributed by atoms with van der Waals surface area (Å²) >= 11 is 2.35. The van der Waals surface area contributed by atoms with Crippen molar-refractivity contribution in [3.63, 3.8) is 0 Å². The molecule has 4 heteroatoms. The van der Waals surface area contributed by atoms with Gasteiger partial charge in [0.15, 0.2) is 6.29 Å². The molecule has 0 spiro atoms. The minimum atomic E-state index is -0.0300. The molecule has 2 aliphatic rings. The van der Waals surface area contributed by atoms with Crippen LogP contribution in [0.5, 0.6) is 0 Å². The average Bonchev–Trinajstić information content (AvgIpc) is 2.92. The smallest absolute Gasteiger partial charge is 0.157 e. The summed E-state index contributed by atoms with van der Waals surface area (Å²) in [6.45, 7) is 14.6. The second-order valence-electron chi connectivity index (χ2n) is 7.48. The van der Waals surface area contributed by atoms with E-state index < -0.39 is 0 Å². The highest BCUT2D eigenvalue weighted by Crippen LogP contribution is 2.33. The van der Waals surface area contributed by atoms with Crippen molar-refractivity contribution in [1.29, 1.82) is 0 Å². The molecule has 0 unspecified atom stereocenters. The Bertz CT molecular complexity index is 417. The van der Waals surface area contributed by atoms with E-state index in [1.54, 1.807) is 0 Å². The molecule has 0 N–H and O–H groups in total. The van der Waals surface area contributed by atoms with Gasteiger partial charge in [0.2, 0.25) is 0 Å². The highest BCUT2D eigenvalue weighted by atomic mass is 127. The second-order valence-corrected chi connectivity index (χ2v) is 8.86. The van der Waals surface area contributed by atoms with Gasteiger partial charge in [0.1, 0.15) is 0 Å². The first-order valence-corrected chi connectivity index (χ1v) is 10.4. The van der Waals surface area contributed by atoms with Gasteiger partial charge in [0, 0.05) is 6.42 Å². The fourth-order valence-corrected chi connectivity index (χ4v) is 3.81. The molecule has 0 aromatic rings. The third kappa shape index (κ3) is 6.77. The van der Waals surface area contributed by atoms with Gasteiger partial charge in [-0.05, 0) is 82.1 Å². The van der Waals surface area contributed by atoms with E-state index >= 15 is 0 Å². The molecular weight excluding hydrogens is 415 g/mol. The quantitative estimate of drug-likeness (QED) is 0.338. The maximum Gasteiger partial charge on any atom is 0.157 e. The van der Waals surface area contributed by atoms with Gasteiger partial charge in [-0.2, -0.15) is 0 Å². The van der Waals surface area contributed by atoms with Crippen LogP contribution in [-0.4, -0.2) is 31.7 Å². The Morgan fingerprint density at radius 3 is 2.58 bits per heavy atom. The van der Waals surface area contributed by atoms with Crippen molar-refractivity contribution in [1.82, 2.24) is 0 Å². The Balaban J connectivity index is 1.65. The van der Waals surface area contributed by atoms with E-state index in [2.05, 4.69) is 49.6 Å². The largest absolute Gasteiger partial charge is 0.370 e.